The quantitative estimate of drug-likeness (QED) is 0.304. The molecule has 0 aliphatic carbocycles. The molecule has 1 aliphatic rings. The zero-order valence-corrected chi connectivity index (χ0v) is 24.2. The highest BCUT2D eigenvalue weighted by atomic mass is 35.5. The number of pyridine rings is 1. The largest absolute Gasteiger partial charge is 0.481 e. The van der Waals surface area contributed by atoms with Gasteiger partial charge in [-0.2, -0.15) is 5.10 Å². The fourth-order valence-electron chi connectivity index (χ4n) is 4.76. The number of nitrogens with one attached hydrogen (secondary N) is 1. The van der Waals surface area contributed by atoms with E-state index in [1.807, 2.05) is 30.3 Å². The Morgan fingerprint density at radius 2 is 1.68 bits per heavy atom. The summed E-state index contributed by atoms with van der Waals surface area (Å²) in [5, 5.41) is 7.26. The summed E-state index contributed by atoms with van der Waals surface area (Å²) < 4.78 is 6.68. The highest BCUT2D eigenvalue weighted by Crippen LogP contribution is 2.41. The van der Waals surface area contributed by atoms with Gasteiger partial charge in [0.2, 0.25) is 5.88 Å². The first-order valence-corrected chi connectivity index (χ1v) is 13.6. The third-order valence-corrected chi connectivity index (χ3v) is 7.93. The van der Waals surface area contributed by atoms with Gasteiger partial charge in [0.1, 0.15) is 11.3 Å². The number of aryl methyl sites for hydroxylation is 1. The van der Waals surface area contributed by atoms with Crippen LogP contribution in [0.3, 0.4) is 0 Å². The van der Waals surface area contributed by atoms with Gasteiger partial charge in [0.15, 0.2) is 0 Å². The molecule has 1 aliphatic heterocycles. The number of ketones is 1. The first-order valence-electron chi connectivity index (χ1n) is 12.9. The van der Waals surface area contributed by atoms with Crippen LogP contribution < -0.4 is 15.6 Å². The van der Waals surface area contributed by atoms with Crippen LogP contribution in [0.2, 0.25) is 10.0 Å². The standard InChI is InChI=1S/C30H27Cl2N5O4/c1-17(38)19-15-37(16-19)14-18-10-11-24(35-29(18)41-3)22-8-4-6-20(26(22)31)21-7-5-9-25(27(21)32)34-28(39)23-12-13-33-36(2)30(23)40/h4-13,19H,14-16H2,1-3H3,(H,34,39). The van der Waals surface area contributed by atoms with Gasteiger partial charge in [0.25, 0.3) is 11.5 Å². The van der Waals surface area contributed by atoms with E-state index < -0.39 is 11.5 Å². The molecule has 0 saturated carbocycles. The number of carbonyl (C=O) groups is 2. The zero-order chi connectivity index (χ0) is 29.3. The van der Waals surface area contributed by atoms with Gasteiger partial charge in [-0.15, -0.1) is 0 Å². The lowest BCUT2D eigenvalue weighted by atomic mass is 9.95. The number of aromatic nitrogens is 3. The third kappa shape index (κ3) is 5.74. The molecule has 210 valence electrons. The minimum absolute atomic E-state index is 0.0553. The first-order chi connectivity index (χ1) is 19.7. The molecular formula is C30H27Cl2N5O4. The molecule has 0 bridgehead atoms. The molecule has 5 rings (SSSR count). The maximum absolute atomic E-state index is 12.8. The van der Waals surface area contributed by atoms with Gasteiger partial charge in [0, 0.05) is 61.1 Å². The minimum Gasteiger partial charge on any atom is -0.481 e. The molecule has 3 heterocycles. The van der Waals surface area contributed by atoms with Crippen LogP contribution in [0.25, 0.3) is 22.4 Å². The lowest BCUT2D eigenvalue weighted by Gasteiger charge is -2.37. The molecule has 0 spiro atoms. The number of halogens is 2. The van der Waals surface area contributed by atoms with Crippen LogP contribution in [-0.2, 0) is 18.4 Å². The number of benzene rings is 2. The molecule has 1 fully saturated rings. The topological polar surface area (TPSA) is 106 Å². The van der Waals surface area contributed by atoms with Gasteiger partial charge >= 0.3 is 0 Å². The number of carbonyl (C=O) groups excluding carboxylic acids is 2. The van der Waals surface area contributed by atoms with E-state index in [9.17, 15) is 14.4 Å². The Morgan fingerprint density at radius 1 is 1.00 bits per heavy atom. The van der Waals surface area contributed by atoms with Crippen molar-refractivity contribution in [2.24, 2.45) is 13.0 Å². The molecule has 2 aromatic carbocycles. The van der Waals surface area contributed by atoms with Crippen LogP contribution >= 0.6 is 23.2 Å². The van der Waals surface area contributed by atoms with E-state index in [4.69, 9.17) is 32.9 Å². The van der Waals surface area contributed by atoms with Gasteiger partial charge < -0.3 is 10.1 Å². The number of likely N-dealkylation sites (tertiary alicyclic amines) is 1. The second-order valence-electron chi connectivity index (χ2n) is 9.83. The highest BCUT2D eigenvalue weighted by Gasteiger charge is 2.30. The molecule has 0 radical (unpaired) electrons. The van der Waals surface area contributed by atoms with Gasteiger partial charge in [-0.25, -0.2) is 9.67 Å². The molecule has 0 atom stereocenters. The minimum atomic E-state index is -0.599. The number of anilines is 1. The molecule has 1 saturated heterocycles. The summed E-state index contributed by atoms with van der Waals surface area (Å²) >= 11 is 13.7. The second kappa shape index (κ2) is 11.8. The van der Waals surface area contributed by atoms with Crippen LogP contribution in [0.1, 0.15) is 22.8 Å². The fraction of sp³-hybridized carbons (Fsp3) is 0.233. The average molecular weight is 592 g/mol. The Labute approximate surface area is 246 Å². The van der Waals surface area contributed by atoms with E-state index in [-0.39, 0.29) is 22.3 Å². The van der Waals surface area contributed by atoms with Crippen LogP contribution in [0.15, 0.2) is 65.6 Å². The number of nitrogens with zero attached hydrogens (tertiary/aromatic N) is 4. The van der Waals surface area contributed by atoms with Crippen molar-refractivity contribution >= 4 is 40.6 Å². The van der Waals surface area contributed by atoms with Crippen molar-refractivity contribution < 1.29 is 14.3 Å². The van der Waals surface area contributed by atoms with E-state index in [2.05, 4.69) is 15.3 Å². The Bertz CT molecular complexity index is 1720. The summed E-state index contributed by atoms with van der Waals surface area (Å²) in [5.41, 5.74) is 3.22. The molecule has 0 unspecified atom stereocenters. The number of Topliss-reactive ketones (excluding diaryl/α,β-unsaturated/α-hetero) is 1. The number of methoxy groups -OCH3 is 1. The summed E-state index contributed by atoms with van der Waals surface area (Å²) in [6.45, 7) is 3.72. The molecule has 41 heavy (non-hydrogen) atoms. The number of rotatable bonds is 8. The molecule has 2 aromatic heterocycles. The van der Waals surface area contributed by atoms with Gasteiger partial charge in [-0.05, 0) is 25.1 Å². The Kier molecular flexibility index (Phi) is 8.21. The van der Waals surface area contributed by atoms with E-state index >= 15 is 0 Å². The summed E-state index contributed by atoms with van der Waals surface area (Å²) in [7, 11) is 3.04. The third-order valence-electron chi connectivity index (χ3n) is 7.12. The summed E-state index contributed by atoms with van der Waals surface area (Å²) in [4.78, 5) is 43.6. The maximum atomic E-state index is 12.8. The highest BCUT2D eigenvalue weighted by molar-refractivity contribution is 6.39. The summed E-state index contributed by atoms with van der Waals surface area (Å²) in [6, 6.07) is 15.9. The number of ether oxygens (including phenoxy) is 1. The molecule has 9 nitrogen and oxygen atoms in total. The Hall–Kier alpha value is -4.05. The monoisotopic (exact) mass is 591 g/mol. The van der Waals surface area contributed by atoms with Crippen molar-refractivity contribution in [2.75, 3.05) is 25.5 Å². The normalized spacial score (nSPS) is 13.5. The van der Waals surface area contributed by atoms with Crippen molar-refractivity contribution in [3.05, 3.63) is 92.3 Å². The van der Waals surface area contributed by atoms with Gasteiger partial charge in [-0.1, -0.05) is 59.6 Å². The zero-order valence-electron chi connectivity index (χ0n) is 22.6. The number of hydrogen-bond acceptors (Lipinski definition) is 7. The number of amides is 1. The lowest BCUT2D eigenvalue weighted by molar-refractivity contribution is -0.126. The van der Waals surface area contributed by atoms with Crippen LogP contribution in [0.4, 0.5) is 5.69 Å². The predicted octanol–water partition coefficient (Wildman–Crippen LogP) is 5.10. The van der Waals surface area contributed by atoms with Crippen LogP contribution in [-0.4, -0.2) is 51.6 Å². The summed E-state index contributed by atoms with van der Waals surface area (Å²) in [5.74, 6) is 0.193. The van der Waals surface area contributed by atoms with E-state index in [0.717, 1.165) is 23.3 Å². The fourth-order valence-corrected chi connectivity index (χ4v) is 5.36. The second-order valence-corrected chi connectivity index (χ2v) is 10.6. The van der Waals surface area contributed by atoms with Gasteiger partial charge in [0.05, 0.1) is 28.5 Å². The molecule has 11 heteroatoms. The van der Waals surface area contributed by atoms with Crippen LogP contribution in [0.5, 0.6) is 5.88 Å². The number of hydrogen-bond donors (Lipinski definition) is 1. The first kappa shape index (κ1) is 28.5. The SMILES string of the molecule is COc1nc(-c2cccc(-c3cccc(NC(=O)c4ccnn(C)c4=O)c3Cl)c2Cl)ccc1CN1CC(C(C)=O)C1. The average Bonchev–Trinajstić information content (AvgIpc) is 2.93. The van der Waals surface area contributed by atoms with E-state index in [1.165, 1.54) is 19.3 Å². The van der Waals surface area contributed by atoms with Gasteiger partial charge in [-0.3, -0.25) is 19.3 Å². The van der Waals surface area contributed by atoms with Crippen LogP contribution in [0, 0.1) is 5.92 Å². The molecule has 1 amide bonds. The Morgan fingerprint density at radius 3 is 2.39 bits per heavy atom. The van der Waals surface area contributed by atoms with Crippen molar-refractivity contribution in [1.29, 1.82) is 0 Å². The van der Waals surface area contributed by atoms with Crippen molar-refractivity contribution in [1.82, 2.24) is 19.7 Å². The van der Waals surface area contributed by atoms with E-state index in [0.29, 0.717) is 45.5 Å². The maximum Gasteiger partial charge on any atom is 0.279 e. The molecule has 4 aromatic rings. The van der Waals surface area contributed by atoms with Crippen molar-refractivity contribution in [2.45, 2.75) is 13.5 Å². The summed E-state index contributed by atoms with van der Waals surface area (Å²) in [6.07, 6.45) is 1.38. The van der Waals surface area contributed by atoms with Crippen molar-refractivity contribution in [3.63, 3.8) is 0 Å². The van der Waals surface area contributed by atoms with E-state index in [1.54, 1.807) is 32.2 Å². The molecular weight excluding hydrogens is 565 g/mol. The smallest absolute Gasteiger partial charge is 0.279 e. The Balaban J connectivity index is 1.42. The molecule has 1 N–H and O–H groups in total. The van der Waals surface area contributed by atoms with Crippen molar-refractivity contribution in [3.8, 4) is 28.3 Å². The predicted molar refractivity (Wildman–Crippen MR) is 159 cm³/mol. The lowest BCUT2D eigenvalue weighted by Crippen LogP contribution is -2.49.